The quantitative estimate of drug-likeness (QED) is 0.414. The lowest BCUT2D eigenvalue weighted by atomic mass is 10.0. The average Bonchev–Trinajstić information content (AvgIpc) is 3.04. The maximum Gasteiger partial charge on any atom is 0.350 e. The second kappa shape index (κ2) is 8.36. The zero-order valence-corrected chi connectivity index (χ0v) is 15.2. The molecule has 0 saturated heterocycles. The number of amides is 1. The van der Waals surface area contributed by atoms with Crippen molar-refractivity contribution in [3.05, 3.63) is 50.0 Å². The number of carbonyl (C=O) groups excluding carboxylic acids is 2. The molecule has 1 aromatic carbocycles. The number of aryl methyl sites for hydroxylation is 1. The Morgan fingerprint density at radius 2 is 2.04 bits per heavy atom. The normalized spacial score (nSPS) is 10.3. The lowest BCUT2D eigenvalue weighted by Crippen LogP contribution is -2.18. The monoisotopic (exact) mass is 393 g/mol. The van der Waals surface area contributed by atoms with Crippen molar-refractivity contribution in [2.24, 2.45) is 0 Å². The summed E-state index contributed by atoms with van der Waals surface area (Å²) in [4.78, 5) is 50.5. The summed E-state index contributed by atoms with van der Waals surface area (Å²) in [6.07, 6.45) is 0.395. The van der Waals surface area contributed by atoms with Gasteiger partial charge in [0.2, 0.25) is 0 Å². The van der Waals surface area contributed by atoms with Crippen molar-refractivity contribution in [3.63, 3.8) is 0 Å². The van der Waals surface area contributed by atoms with Crippen LogP contribution in [0.1, 0.15) is 49.9 Å². The van der Waals surface area contributed by atoms with E-state index in [1.807, 2.05) is 0 Å². The SMILES string of the molecule is CCOC(=O)c1sc(NC(=O)c2c(C(=O)O)cccc2[N+](=O)[O-])nc1CC. The molecule has 1 heterocycles. The number of benzene rings is 1. The van der Waals surface area contributed by atoms with E-state index >= 15 is 0 Å². The maximum absolute atomic E-state index is 12.5. The van der Waals surface area contributed by atoms with Crippen molar-refractivity contribution in [1.82, 2.24) is 4.98 Å². The summed E-state index contributed by atoms with van der Waals surface area (Å²) in [5.74, 6) is -3.08. The van der Waals surface area contributed by atoms with E-state index in [4.69, 9.17) is 4.74 Å². The highest BCUT2D eigenvalue weighted by atomic mass is 32.1. The first-order chi connectivity index (χ1) is 12.8. The van der Waals surface area contributed by atoms with E-state index in [-0.39, 0.29) is 16.6 Å². The molecule has 0 spiro atoms. The molecule has 142 valence electrons. The highest BCUT2D eigenvalue weighted by molar-refractivity contribution is 7.17. The van der Waals surface area contributed by atoms with Gasteiger partial charge in [-0.15, -0.1) is 0 Å². The number of nitrogens with zero attached hydrogens (tertiary/aromatic N) is 2. The number of hydrogen-bond donors (Lipinski definition) is 2. The first kappa shape index (κ1) is 20.0. The highest BCUT2D eigenvalue weighted by Gasteiger charge is 2.28. The van der Waals surface area contributed by atoms with E-state index in [2.05, 4.69) is 10.3 Å². The molecule has 27 heavy (non-hydrogen) atoms. The Bertz CT molecular complexity index is 890. The Kier molecular flexibility index (Phi) is 6.19. The first-order valence-corrected chi connectivity index (χ1v) is 8.60. The van der Waals surface area contributed by atoms with Crippen LogP contribution >= 0.6 is 11.3 Å². The minimum atomic E-state index is -1.48. The number of nitro groups is 1. The van der Waals surface area contributed by atoms with Gasteiger partial charge in [0.15, 0.2) is 5.13 Å². The van der Waals surface area contributed by atoms with Crippen molar-refractivity contribution >= 4 is 40.0 Å². The maximum atomic E-state index is 12.5. The number of esters is 1. The smallest absolute Gasteiger partial charge is 0.350 e. The van der Waals surface area contributed by atoms with E-state index in [0.717, 1.165) is 23.5 Å². The summed E-state index contributed by atoms with van der Waals surface area (Å²) < 4.78 is 4.93. The second-order valence-corrected chi connectivity index (χ2v) is 6.08. The molecular formula is C16H15N3O7S. The van der Waals surface area contributed by atoms with Crippen LogP contribution < -0.4 is 5.32 Å². The number of thiazole rings is 1. The third-order valence-electron chi connectivity index (χ3n) is 3.41. The summed E-state index contributed by atoms with van der Waals surface area (Å²) >= 11 is 0.849. The van der Waals surface area contributed by atoms with Crippen LogP contribution in [0.4, 0.5) is 10.8 Å². The van der Waals surface area contributed by atoms with Crippen LogP contribution in [0.15, 0.2) is 18.2 Å². The van der Waals surface area contributed by atoms with Crippen LogP contribution in [0.2, 0.25) is 0 Å². The molecule has 2 N–H and O–H groups in total. The number of nitro benzene ring substituents is 1. The lowest BCUT2D eigenvalue weighted by molar-refractivity contribution is -0.385. The summed E-state index contributed by atoms with van der Waals surface area (Å²) in [6.45, 7) is 3.57. The Morgan fingerprint density at radius 1 is 1.33 bits per heavy atom. The molecule has 0 aliphatic rings. The average molecular weight is 393 g/mol. The molecule has 2 rings (SSSR count). The largest absolute Gasteiger partial charge is 0.478 e. The van der Waals surface area contributed by atoms with Gasteiger partial charge in [-0.2, -0.15) is 0 Å². The van der Waals surface area contributed by atoms with E-state index in [1.165, 1.54) is 6.07 Å². The first-order valence-electron chi connectivity index (χ1n) is 7.78. The standard InChI is InChI=1S/C16H15N3O7S/c1-3-9-12(15(23)26-4-2)27-16(17-9)18-13(20)11-8(14(21)22)6-5-7-10(11)19(24)25/h5-7H,3-4H2,1-2H3,(H,21,22)(H,17,18,20). The van der Waals surface area contributed by atoms with E-state index < -0.39 is 39.6 Å². The van der Waals surface area contributed by atoms with Gasteiger partial charge in [-0.25, -0.2) is 14.6 Å². The van der Waals surface area contributed by atoms with Gasteiger partial charge in [-0.3, -0.25) is 20.2 Å². The van der Waals surface area contributed by atoms with Crippen LogP contribution in [0.3, 0.4) is 0 Å². The van der Waals surface area contributed by atoms with Gasteiger partial charge in [-0.1, -0.05) is 24.3 Å². The molecule has 0 radical (unpaired) electrons. The van der Waals surface area contributed by atoms with Gasteiger partial charge in [0.25, 0.3) is 11.6 Å². The van der Waals surface area contributed by atoms with Gasteiger partial charge in [0.05, 0.1) is 22.8 Å². The molecule has 0 saturated carbocycles. The third-order valence-corrected chi connectivity index (χ3v) is 4.40. The van der Waals surface area contributed by atoms with Crippen molar-refractivity contribution in [2.75, 3.05) is 11.9 Å². The Morgan fingerprint density at radius 3 is 2.59 bits per heavy atom. The van der Waals surface area contributed by atoms with Crippen molar-refractivity contribution < 1.29 is 29.2 Å². The molecule has 0 aliphatic carbocycles. The minimum Gasteiger partial charge on any atom is -0.478 e. The van der Waals surface area contributed by atoms with E-state index in [9.17, 15) is 29.6 Å². The molecule has 2 aromatic rings. The number of anilines is 1. The lowest BCUT2D eigenvalue weighted by Gasteiger charge is -2.06. The fourth-order valence-corrected chi connectivity index (χ4v) is 3.21. The topological polar surface area (TPSA) is 149 Å². The number of aromatic nitrogens is 1. The summed E-state index contributed by atoms with van der Waals surface area (Å²) in [5, 5.41) is 22.7. The molecule has 0 fully saturated rings. The summed E-state index contributed by atoms with van der Waals surface area (Å²) in [5.41, 5.74) is -1.36. The molecule has 1 amide bonds. The minimum absolute atomic E-state index is 0.00870. The van der Waals surface area contributed by atoms with E-state index in [0.29, 0.717) is 12.1 Å². The van der Waals surface area contributed by atoms with Crippen LogP contribution in [0, 0.1) is 10.1 Å². The van der Waals surface area contributed by atoms with Crippen LogP contribution in [-0.2, 0) is 11.2 Å². The van der Waals surface area contributed by atoms with Crippen LogP contribution in [0.25, 0.3) is 0 Å². The van der Waals surface area contributed by atoms with E-state index in [1.54, 1.807) is 13.8 Å². The Balaban J connectivity index is 2.42. The van der Waals surface area contributed by atoms with Crippen molar-refractivity contribution in [1.29, 1.82) is 0 Å². The zero-order valence-electron chi connectivity index (χ0n) is 14.3. The van der Waals surface area contributed by atoms with Crippen molar-refractivity contribution in [2.45, 2.75) is 20.3 Å². The van der Waals surface area contributed by atoms with Crippen LogP contribution in [0.5, 0.6) is 0 Å². The van der Waals surface area contributed by atoms with Gasteiger partial charge < -0.3 is 9.84 Å². The number of hydrogen-bond acceptors (Lipinski definition) is 8. The van der Waals surface area contributed by atoms with Gasteiger partial charge in [0.1, 0.15) is 10.4 Å². The zero-order chi connectivity index (χ0) is 20.1. The molecule has 11 heteroatoms. The fourth-order valence-electron chi connectivity index (χ4n) is 2.27. The number of aromatic carboxylic acids is 1. The molecule has 0 unspecified atom stereocenters. The number of ether oxygens (including phenoxy) is 1. The molecule has 0 aliphatic heterocycles. The predicted octanol–water partition coefficient (Wildman–Crippen LogP) is 2.74. The Hall–Kier alpha value is -3.34. The number of carboxylic acid groups (broad SMARTS) is 1. The molecule has 1 aromatic heterocycles. The van der Waals surface area contributed by atoms with Crippen LogP contribution in [-0.4, -0.2) is 39.5 Å². The summed E-state index contributed by atoms with van der Waals surface area (Å²) in [6, 6.07) is 3.30. The van der Waals surface area contributed by atoms with Gasteiger partial charge in [0, 0.05) is 6.07 Å². The third kappa shape index (κ3) is 4.26. The van der Waals surface area contributed by atoms with Gasteiger partial charge in [-0.05, 0) is 19.4 Å². The molecule has 0 bridgehead atoms. The van der Waals surface area contributed by atoms with Crippen molar-refractivity contribution in [3.8, 4) is 0 Å². The second-order valence-electron chi connectivity index (χ2n) is 5.08. The highest BCUT2D eigenvalue weighted by Crippen LogP contribution is 2.28. The summed E-state index contributed by atoms with van der Waals surface area (Å²) in [7, 11) is 0. The number of carbonyl (C=O) groups is 3. The molecule has 10 nitrogen and oxygen atoms in total. The predicted molar refractivity (Wildman–Crippen MR) is 95.5 cm³/mol. The fraction of sp³-hybridized carbons (Fsp3) is 0.250. The number of nitrogens with one attached hydrogen (secondary N) is 1. The number of carboxylic acids is 1. The Labute approximate surface area is 156 Å². The van der Waals surface area contributed by atoms with Gasteiger partial charge >= 0.3 is 11.9 Å². The molecule has 0 atom stereocenters. The molecular weight excluding hydrogens is 378 g/mol. The number of rotatable bonds is 7.